The number of pyridine rings is 2. The lowest BCUT2D eigenvalue weighted by Gasteiger charge is -2.15. The molecule has 0 spiro atoms. The maximum Gasteiger partial charge on any atom is 0.143 e. The maximum absolute atomic E-state index is 6.54. The molecule has 10 rings (SSSR count). The van der Waals surface area contributed by atoms with Crippen LogP contribution in [0.3, 0.4) is 0 Å². The van der Waals surface area contributed by atoms with Gasteiger partial charge in [-0.3, -0.25) is 4.98 Å². The molecule has 3 aromatic heterocycles. The van der Waals surface area contributed by atoms with Gasteiger partial charge in [0.15, 0.2) is 0 Å². The Hall–Kier alpha value is -6.32. The van der Waals surface area contributed by atoms with Crippen LogP contribution in [0.5, 0.6) is 0 Å². The Labute approximate surface area is 270 Å². The molecule has 0 unspecified atom stereocenters. The van der Waals surface area contributed by atoms with Gasteiger partial charge in [-0.1, -0.05) is 109 Å². The van der Waals surface area contributed by atoms with Crippen LogP contribution >= 0.6 is 0 Å². The molecule has 0 saturated heterocycles. The summed E-state index contributed by atoms with van der Waals surface area (Å²) in [6.45, 7) is 0. The zero-order chi connectivity index (χ0) is 30.9. The Kier molecular flexibility index (Phi) is 5.57. The number of hydrogen-bond acceptors (Lipinski definition) is 3. The van der Waals surface area contributed by atoms with Crippen molar-refractivity contribution in [3.05, 3.63) is 158 Å². The third kappa shape index (κ3) is 4.07. The SMILES string of the molecule is c1ccc2c(c1)cc(-c1cc(-c3ccc4ccc5cccnc5c4n3)cc(-c3cccc4c3oc3ccccc34)c1)c1ccccc12. The molecule has 47 heavy (non-hydrogen) atoms. The van der Waals surface area contributed by atoms with Crippen molar-refractivity contribution in [3.63, 3.8) is 0 Å². The van der Waals surface area contributed by atoms with Crippen molar-refractivity contribution in [2.24, 2.45) is 0 Å². The molecule has 0 atom stereocenters. The van der Waals surface area contributed by atoms with E-state index in [2.05, 4.69) is 133 Å². The lowest BCUT2D eigenvalue weighted by molar-refractivity contribution is 0.670. The van der Waals surface area contributed by atoms with Gasteiger partial charge in [0.05, 0.1) is 16.7 Å². The van der Waals surface area contributed by atoms with E-state index in [9.17, 15) is 0 Å². The van der Waals surface area contributed by atoms with E-state index in [4.69, 9.17) is 14.4 Å². The van der Waals surface area contributed by atoms with Crippen LogP contribution in [0.15, 0.2) is 162 Å². The molecule has 0 aliphatic rings. The van der Waals surface area contributed by atoms with Crippen LogP contribution in [0.2, 0.25) is 0 Å². The summed E-state index contributed by atoms with van der Waals surface area (Å²) in [5, 5.41) is 9.33. The van der Waals surface area contributed by atoms with Gasteiger partial charge >= 0.3 is 0 Å². The fraction of sp³-hybridized carbons (Fsp3) is 0. The van der Waals surface area contributed by atoms with Crippen molar-refractivity contribution in [3.8, 4) is 33.5 Å². The summed E-state index contributed by atoms with van der Waals surface area (Å²) in [7, 11) is 0. The van der Waals surface area contributed by atoms with Crippen LogP contribution < -0.4 is 0 Å². The monoisotopic (exact) mass is 598 g/mol. The molecule has 0 radical (unpaired) electrons. The van der Waals surface area contributed by atoms with Gasteiger partial charge in [-0.2, -0.15) is 0 Å². The second-order valence-corrected chi connectivity index (χ2v) is 12.2. The van der Waals surface area contributed by atoms with Gasteiger partial charge in [-0.25, -0.2) is 4.98 Å². The van der Waals surface area contributed by atoms with E-state index in [1.54, 1.807) is 0 Å². The number of furan rings is 1. The predicted molar refractivity (Wildman–Crippen MR) is 196 cm³/mol. The average molecular weight is 599 g/mol. The second kappa shape index (κ2) is 10.1. The first-order chi connectivity index (χ1) is 23.3. The van der Waals surface area contributed by atoms with E-state index >= 15 is 0 Å². The molecule has 218 valence electrons. The van der Waals surface area contributed by atoms with Crippen LogP contribution in [0.1, 0.15) is 0 Å². The van der Waals surface area contributed by atoms with Gasteiger partial charge in [0.25, 0.3) is 0 Å². The zero-order valence-electron chi connectivity index (χ0n) is 25.3. The van der Waals surface area contributed by atoms with E-state index in [0.717, 1.165) is 71.7 Å². The normalized spacial score (nSPS) is 11.8. The van der Waals surface area contributed by atoms with Gasteiger partial charge in [-0.15, -0.1) is 0 Å². The lowest BCUT2D eigenvalue weighted by atomic mass is 9.89. The fourth-order valence-corrected chi connectivity index (χ4v) is 7.24. The molecular weight excluding hydrogens is 572 g/mol. The Morgan fingerprint density at radius 1 is 0.404 bits per heavy atom. The molecule has 0 amide bonds. The summed E-state index contributed by atoms with van der Waals surface area (Å²) in [4.78, 5) is 9.98. The lowest BCUT2D eigenvalue weighted by Crippen LogP contribution is -1.92. The Bertz CT molecular complexity index is 2860. The van der Waals surface area contributed by atoms with Gasteiger partial charge in [0, 0.05) is 38.9 Å². The van der Waals surface area contributed by atoms with Crippen LogP contribution in [0.25, 0.3) is 98.8 Å². The zero-order valence-corrected chi connectivity index (χ0v) is 25.3. The minimum Gasteiger partial charge on any atom is -0.455 e. The molecule has 0 N–H and O–H groups in total. The maximum atomic E-state index is 6.54. The fourth-order valence-electron chi connectivity index (χ4n) is 7.24. The van der Waals surface area contributed by atoms with Gasteiger partial charge < -0.3 is 4.42 Å². The smallest absolute Gasteiger partial charge is 0.143 e. The highest BCUT2D eigenvalue weighted by atomic mass is 16.3. The Morgan fingerprint density at radius 3 is 1.96 bits per heavy atom. The molecule has 3 heteroatoms. The molecule has 10 aromatic rings. The van der Waals surface area contributed by atoms with E-state index in [1.807, 2.05) is 24.4 Å². The minimum atomic E-state index is 0.891. The van der Waals surface area contributed by atoms with Gasteiger partial charge in [0.1, 0.15) is 11.2 Å². The standard InChI is InChI=1S/C44H26N2O/c1-2-11-33-29(9-1)26-39(36-13-4-3-12-35(33)36)31-23-30(34-15-7-16-38-37-14-5-6-17-41(37)47-44(34)38)24-32(25-31)40-21-20-28-19-18-27-10-8-22-45-42(27)43(28)46-40/h1-26H. The quantitative estimate of drug-likeness (QED) is 0.190. The van der Waals surface area contributed by atoms with Crippen molar-refractivity contribution in [1.29, 1.82) is 0 Å². The van der Waals surface area contributed by atoms with Gasteiger partial charge in [-0.05, 0) is 80.7 Å². The summed E-state index contributed by atoms with van der Waals surface area (Å²) in [6.07, 6.45) is 1.84. The molecule has 0 bridgehead atoms. The van der Waals surface area contributed by atoms with Crippen LogP contribution in [-0.4, -0.2) is 9.97 Å². The topological polar surface area (TPSA) is 38.9 Å². The van der Waals surface area contributed by atoms with Crippen LogP contribution in [0, 0.1) is 0 Å². The molecular formula is C44H26N2O. The average Bonchev–Trinajstić information content (AvgIpc) is 3.53. The number of nitrogens with zero attached hydrogens (tertiary/aromatic N) is 2. The highest BCUT2D eigenvalue weighted by molar-refractivity contribution is 6.15. The van der Waals surface area contributed by atoms with Crippen LogP contribution in [-0.2, 0) is 0 Å². The molecule has 3 heterocycles. The van der Waals surface area contributed by atoms with Gasteiger partial charge in [0.2, 0.25) is 0 Å². The summed E-state index contributed by atoms with van der Waals surface area (Å²) in [5.41, 5.74) is 10.00. The number of fused-ring (bicyclic) bond motifs is 9. The highest BCUT2D eigenvalue weighted by Crippen LogP contribution is 2.41. The second-order valence-electron chi connectivity index (χ2n) is 12.2. The number of benzene rings is 7. The summed E-state index contributed by atoms with van der Waals surface area (Å²) < 4.78 is 6.54. The highest BCUT2D eigenvalue weighted by Gasteiger charge is 2.17. The first kappa shape index (κ1) is 26.0. The van der Waals surface area contributed by atoms with Crippen molar-refractivity contribution in [2.45, 2.75) is 0 Å². The van der Waals surface area contributed by atoms with E-state index < -0.39 is 0 Å². The molecule has 3 nitrogen and oxygen atoms in total. The molecule has 0 fully saturated rings. The number of aromatic nitrogens is 2. The Balaban J connectivity index is 1.28. The number of para-hydroxylation sites is 2. The molecule has 7 aromatic carbocycles. The van der Waals surface area contributed by atoms with Crippen molar-refractivity contribution >= 4 is 65.3 Å². The summed E-state index contributed by atoms with van der Waals surface area (Å²) in [6, 6.07) is 53.8. The van der Waals surface area contributed by atoms with E-state index in [-0.39, 0.29) is 0 Å². The first-order valence-electron chi connectivity index (χ1n) is 15.9. The molecule has 0 aliphatic heterocycles. The largest absolute Gasteiger partial charge is 0.455 e. The molecule has 0 aliphatic carbocycles. The van der Waals surface area contributed by atoms with Crippen molar-refractivity contribution in [1.82, 2.24) is 9.97 Å². The number of hydrogen-bond donors (Lipinski definition) is 0. The van der Waals surface area contributed by atoms with Crippen LogP contribution in [0.4, 0.5) is 0 Å². The predicted octanol–water partition coefficient (Wildman–Crippen LogP) is 12.0. The third-order valence-corrected chi connectivity index (χ3v) is 9.46. The summed E-state index contributed by atoms with van der Waals surface area (Å²) in [5.74, 6) is 0. The first-order valence-corrected chi connectivity index (χ1v) is 15.9. The van der Waals surface area contributed by atoms with Crippen molar-refractivity contribution in [2.75, 3.05) is 0 Å². The summed E-state index contributed by atoms with van der Waals surface area (Å²) >= 11 is 0. The third-order valence-electron chi connectivity index (χ3n) is 9.46. The van der Waals surface area contributed by atoms with E-state index in [0.29, 0.717) is 0 Å². The Morgan fingerprint density at radius 2 is 1.06 bits per heavy atom. The minimum absolute atomic E-state index is 0.891. The van der Waals surface area contributed by atoms with E-state index in [1.165, 1.54) is 27.1 Å². The van der Waals surface area contributed by atoms with Crippen molar-refractivity contribution < 1.29 is 4.42 Å². The number of rotatable bonds is 3. The molecule has 0 saturated carbocycles.